The third-order valence-corrected chi connectivity index (χ3v) is 9.70. The number of halogens is 1. The van der Waals surface area contributed by atoms with Crippen molar-refractivity contribution in [3.8, 4) is 0 Å². The zero-order valence-corrected chi connectivity index (χ0v) is 19.2. The Bertz CT molecular complexity index is 723. The monoisotopic (exact) mass is 431 g/mol. The van der Waals surface area contributed by atoms with Gasteiger partial charge in [-0.2, -0.15) is 0 Å². The van der Waals surface area contributed by atoms with Crippen LogP contribution in [-0.4, -0.2) is 41.4 Å². The molecule has 1 saturated heterocycles. The third kappa shape index (κ3) is 4.46. The number of nitrogens with two attached hydrogens (primary N) is 1. The van der Waals surface area contributed by atoms with E-state index in [0.29, 0.717) is 6.04 Å². The van der Waals surface area contributed by atoms with E-state index < -0.39 is 0 Å². The van der Waals surface area contributed by atoms with Gasteiger partial charge in [0.25, 0.3) is 0 Å². The fourth-order valence-electron chi connectivity index (χ4n) is 6.78. The number of nitrogens with one attached hydrogen (secondary N) is 1. The zero-order valence-electron chi connectivity index (χ0n) is 18.4. The topological polar surface area (TPSA) is 41.3 Å². The summed E-state index contributed by atoms with van der Waals surface area (Å²) >= 11 is 2.04. The molecule has 5 heteroatoms. The summed E-state index contributed by atoms with van der Waals surface area (Å²) in [5.41, 5.74) is 8.59. The number of aryl methyl sites for hydroxylation is 1. The van der Waals surface area contributed by atoms with E-state index in [1.54, 1.807) is 6.07 Å². The zero-order chi connectivity index (χ0) is 20.7. The van der Waals surface area contributed by atoms with E-state index in [4.69, 9.17) is 5.73 Å². The van der Waals surface area contributed by atoms with Crippen molar-refractivity contribution < 1.29 is 4.39 Å². The van der Waals surface area contributed by atoms with Gasteiger partial charge in [0.05, 0.1) is 0 Å². The first-order valence-electron chi connectivity index (χ1n) is 12.2. The molecule has 0 radical (unpaired) electrons. The lowest BCUT2D eigenvalue weighted by molar-refractivity contribution is 0.155. The van der Waals surface area contributed by atoms with Crippen LogP contribution in [0.15, 0.2) is 18.2 Å². The maximum absolute atomic E-state index is 14.4. The minimum atomic E-state index is -0.0794. The molecule has 5 atom stereocenters. The molecule has 0 spiro atoms. The van der Waals surface area contributed by atoms with Gasteiger partial charge in [-0.25, -0.2) is 4.39 Å². The van der Waals surface area contributed by atoms with Crippen molar-refractivity contribution in [2.45, 2.75) is 94.0 Å². The summed E-state index contributed by atoms with van der Waals surface area (Å²) in [4.78, 5) is 2.73. The molecule has 0 amide bonds. The second-order valence-corrected chi connectivity index (χ2v) is 11.7. The molecule has 3 aliphatic carbocycles. The van der Waals surface area contributed by atoms with Gasteiger partial charge in [0.2, 0.25) is 0 Å². The lowest BCUT2D eigenvalue weighted by Gasteiger charge is -2.39. The summed E-state index contributed by atoms with van der Waals surface area (Å²) in [5.74, 6) is 1.80. The maximum atomic E-state index is 14.4. The highest BCUT2D eigenvalue weighted by Gasteiger charge is 2.44. The average molecular weight is 432 g/mol. The standard InChI is InChI=1S/C25H38FN3S/c1-16-6-9-24(26)23(10-16)22-8-7-20(13-25(22)27)29-14-17-11-19(12-18(17)15-29)28-30-21-4-2-3-5-21/h6,9-10,17-22,25,28H,2-5,7-8,11-15,27H2,1H3/t17?,18?,19?,20?,22-,25?/m1/s1. The van der Waals surface area contributed by atoms with E-state index in [2.05, 4.69) is 9.62 Å². The Morgan fingerprint density at radius 2 is 1.77 bits per heavy atom. The van der Waals surface area contributed by atoms with Gasteiger partial charge >= 0.3 is 0 Å². The van der Waals surface area contributed by atoms with Gasteiger partial charge in [-0.1, -0.05) is 42.5 Å². The van der Waals surface area contributed by atoms with Crippen molar-refractivity contribution in [3.05, 3.63) is 35.1 Å². The van der Waals surface area contributed by atoms with Crippen molar-refractivity contribution in [1.29, 1.82) is 0 Å². The molecular weight excluding hydrogens is 393 g/mol. The smallest absolute Gasteiger partial charge is 0.126 e. The molecular formula is C25H38FN3S. The SMILES string of the molecule is Cc1ccc(F)c([C@H]2CCC(N3CC4CC(NSC5CCCC5)CC4C3)CC2N)c1. The van der Waals surface area contributed by atoms with E-state index in [-0.39, 0.29) is 17.8 Å². The number of benzene rings is 1. The molecule has 3 N–H and O–H groups in total. The molecule has 4 aliphatic rings. The minimum absolute atomic E-state index is 0.0673. The first-order valence-corrected chi connectivity index (χ1v) is 13.1. The Morgan fingerprint density at radius 3 is 2.47 bits per heavy atom. The lowest BCUT2D eigenvalue weighted by atomic mass is 9.77. The largest absolute Gasteiger partial charge is 0.327 e. The molecule has 1 aliphatic heterocycles. The molecule has 5 rings (SSSR count). The van der Waals surface area contributed by atoms with E-state index >= 15 is 0 Å². The number of fused-ring (bicyclic) bond motifs is 1. The Morgan fingerprint density at radius 1 is 1.03 bits per heavy atom. The van der Waals surface area contributed by atoms with Crippen LogP contribution in [0.3, 0.4) is 0 Å². The Hall–Kier alpha value is -0.620. The van der Waals surface area contributed by atoms with Crippen molar-refractivity contribution >= 4 is 11.9 Å². The van der Waals surface area contributed by atoms with Crippen LogP contribution >= 0.6 is 11.9 Å². The highest BCUT2D eigenvalue weighted by molar-refractivity contribution is 7.98. The maximum Gasteiger partial charge on any atom is 0.126 e. The molecule has 1 aromatic carbocycles. The van der Waals surface area contributed by atoms with Crippen molar-refractivity contribution in [1.82, 2.24) is 9.62 Å². The predicted octanol–water partition coefficient (Wildman–Crippen LogP) is 4.99. The number of hydrogen-bond donors (Lipinski definition) is 2. The molecule has 3 nitrogen and oxygen atoms in total. The lowest BCUT2D eigenvalue weighted by Crippen LogP contribution is -2.45. The van der Waals surface area contributed by atoms with E-state index in [1.165, 1.54) is 51.6 Å². The van der Waals surface area contributed by atoms with Crippen molar-refractivity contribution in [2.24, 2.45) is 17.6 Å². The van der Waals surface area contributed by atoms with Crippen molar-refractivity contribution in [2.75, 3.05) is 13.1 Å². The summed E-state index contributed by atoms with van der Waals surface area (Å²) in [6.07, 6.45) is 11.5. The Balaban J connectivity index is 1.12. The second-order valence-electron chi connectivity index (χ2n) is 10.5. The molecule has 3 saturated carbocycles. The number of likely N-dealkylation sites (tertiary alicyclic amines) is 1. The highest BCUT2D eigenvalue weighted by Crippen LogP contribution is 2.43. The molecule has 166 valence electrons. The summed E-state index contributed by atoms with van der Waals surface area (Å²) in [6, 6.07) is 6.85. The van der Waals surface area contributed by atoms with Gasteiger partial charge in [-0.05, 0) is 75.3 Å². The molecule has 4 unspecified atom stereocenters. The third-order valence-electron chi connectivity index (χ3n) is 8.42. The molecule has 1 heterocycles. The van der Waals surface area contributed by atoms with Crippen molar-refractivity contribution in [3.63, 3.8) is 0 Å². The van der Waals surface area contributed by atoms with Crippen LogP contribution in [0.25, 0.3) is 0 Å². The van der Waals surface area contributed by atoms with E-state index in [9.17, 15) is 4.39 Å². The first-order chi connectivity index (χ1) is 14.6. The summed E-state index contributed by atoms with van der Waals surface area (Å²) in [6.45, 7) is 4.53. The number of nitrogens with zero attached hydrogens (tertiary/aromatic N) is 1. The first kappa shape index (κ1) is 21.2. The average Bonchev–Trinajstić information content (AvgIpc) is 3.44. The van der Waals surface area contributed by atoms with Gasteiger partial charge in [-0.3, -0.25) is 9.62 Å². The normalized spacial score (nSPS) is 37.7. The van der Waals surface area contributed by atoms with Crippen LogP contribution in [0.1, 0.15) is 74.8 Å². The van der Waals surface area contributed by atoms with E-state index in [0.717, 1.165) is 53.5 Å². The second kappa shape index (κ2) is 9.09. The quantitative estimate of drug-likeness (QED) is 0.645. The Labute approximate surface area is 185 Å². The predicted molar refractivity (Wildman–Crippen MR) is 124 cm³/mol. The molecule has 1 aromatic rings. The van der Waals surface area contributed by atoms with Crippen LogP contribution in [0, 0.1) is 24.6 Å². The van der Waals surface area contributed by atoms with Gasteiger partial charge in [0, 0.05) is 42.4 Å². The summed E-state index contributed by atoms with van der Waals surface area (Å²) in [7, 11) is 0. The minimum Gasteiger partial charge on any atom is -0.327 e. The van der Waals surface area contributed by atoms with Crippen LogP contribution < -0.4 is 10.5 Å². The molecule has 30 heavy (non-hydrogen) atoms. The number of rotatable bonds is 5. The van der Waals surface area contributed by atoms with Gasteiger partial charge in [0.1, 0.15) is 5.82 Å². The molecule has 4 fully saturated rings. The van der Waals surface area contributed by atoms with Gasteiger partial charge in [-0.15, -0.1) is 0 Å². The Kier molecular flexibility index (Phi) is 6.43. The summed E-state index contributed by atoms with van der Waals surface area (Å²) in [5, 5.41) is 0.858. The molecule has 0 bridgehead atoms. The molecule has 0 aromatic heterocycles. The summed E-state index contributed by atoms with van der Waals surface area (Å²) < 4.78 is 18.2. The fourth-order valence-corrected chi connectivity index (χ4v) is 7.92. The van der Waals surface area contributed by atoms with E-state index in [1.807, 2.05) is 31.0 Å². The van der Waals surface area contributed by atoms with Crippen LogP contribution in [0.2, 0.25) is 0 Å². The van der Waals surface area contributed by atoms with Gasteiger partial charge in [0.15, 0.2) is 0 Å². The van der Waals surface area contributed by atoms with Crippen LogP contribution in [0.4, 0.5) is 4.39 Å². The van der Waals surface area contributed by atoms with Gasteiger partial charge < -0.3 is 5.73 Å². The fraction of sp³-hybridized carbons (Fsp3) is 0.760. The number of hydrogen-bond acceptors (Lipinski definition) is 4. The highest BCUT2D eigenvalue weighted by atomic mass is 32.2. The van der Waals surface area contributed by atoms with Crippen LogP contribution in [0.5, 0.6) is 0 Å². The van der Waals surface area contributed by atoms with Crippen LogP contribution in [-0.2, 0) is 0 Å².